The van der Waals surface area contributed by atoms with Gasteiger partial charge in [-0.3, -0.25) is 4.79 Å². The van der Waals surface area contributed by atoms with Crippen molar-refractivity contribution >= 4 is 45.8 Å². The van der Waals surface area contributed by atoms with Gasteiger partial charge in [-0.1, -0.05) is 11.6 Å². The number of nitrogens with one attached hydrogen (secondary N) is 1. The van der Waals surface area contributed by atoms with Crippen LogP contribution in [-0.4, -0.2) is 40.3 Å². The van der Waals surface area contributed by atoms with Gasteiger partial charge in [-0.25, -0.2) is 18.7 Å². The molecule has 0 atom stereocenters. The molecule has 0 saturated heterocycles. The van der Waals surface area contributed by atoms with Crippen molar-refractivity contribution in [2.24, 2.45) is 0 Å². The number of rotatable bonds is 9. The molecule has 2 aromatic heterocycles. The van der Waals surface area contributed by atoms with Crippen molar-refractivity contribution in [1.82, 2.24) is 9.78 Å². The smallest absolute Gasteiger partial charge is 0.348 e. The van der Waals surface area contributed by atoms with Crippen molar-refractivity contribution in [2.45, 2.75) is 40.5 Å². The van der Waals surface area contributed by atoms with Crippen molar-refractivity contribution in [3.63, 3.8) is 0 Å². The van der Waals surface area contributed by atoms with Crippen LogP contribution in [0.3, 0.4) is 0 Å². The van der Waals surface area contributed by atoms with Crippen molar-refractivity contribution in [3.8, 4) is 5.75 Å². The summed E-state index contributed by atoms with van der Waals surface area (Å²) in [6.45, 7) is 6.74. The number of amides is 1. The second-order valence-corrected chi connectivity index (χ2v) is 8.91. The number of carbonyl (C=O) groups is 3. The largest absolute Gasteiger partial charge is 0.471 e. The maximum Gasteiger partial charge on any atom is 0.348 e. The van der Waals surface area contributed by atoms with Crippen molar-refractivity contribution in [2.75, 3.05) is 11.9 Å². The van der Waals surface area contributed by atoms with Crippen LogP contribution in [-0.2, 0) is 16.2 Å². The third kappa shape index (κ3) is 6.37. The average molecular weight is 524 g/mol. The number of benzene rings is 1. The topological polar surface area (TPSA) is 109 Å². The van der Waals surface area contributed by atoms with E-state index in [1.807, 2.05) is 0 Å². The quantitative estimate of drug-likeness (QED) is 0.390. The number of nitrogens with zero attached hydrogens (tertiary/aromatic N) is 2. The van der Waals surface area contributed by atoms with E-state index < -0.39 is 29.8 Å². The molecular weight excluding hydrogens is 501 g/mol. The minimum absolute atomic E-state index is 0.0395. The molecule has 0 aliphatic rings. The lowest BCUT2D eigenvalue weighted by Gasteiger charge is -2.10. The second-order valence-electron chi connectivity index (χ2n) is 7.48. The molecule has 3 rings (SSSR count). The first-order valence-corrected chi connectivity index (χ1v) is 11.7. The Balaban J connectivity index is 1.78. The van der Waals surface area contributed by atoms with Crippen LogP contribution in [0.5, 0.6) is 5.75 Å². The fourth-order valence-electron chi connectivity index (χ4n) is 2.94. The molecule has 12 heteroatoms. The van der Waals surface area contributed by atoms with Gasteiger partial charge in [0.05, 0.1) is 23.3 Å². The lowest BCUT2D eigenvalue weighted by molar-refractivity contribution is 0.0379. The van der Waals surface area contributed by atoms with Gasteiger partial charge in [0.25, 0.3) is 5.91 Å². The van der Waals surface area contributed by atoms with Gasteiger partial charge >= 0.3 is 11.9 Å². The Labute approximate surface area is 209 Å². The molecule has 3 aromatic rings. The highest BCUT2D eigenvalue weighted by Gasteiger charge is 2.28. The van der Waals surface area contributed by atoms with E-state index in [0.717, 1.165) is 11.3 Å². The van der Waals surface area contributed by atoms with Gasteiger partial charge in [-0.05, 0) is 51.5 Å². The van der Waals surface area contributed by atoms with Crippen LogP contribution < -0.4 is 10.1 Å². The Morgan fingerprint density at radius 2 is 1.97 bits per heavy atom. The van der Waals surface area contributed by atoms with Gasteiger partial charge < -0.3 is 19.5 Å². The van der Waals surface area contributed by atoms with Crippen LogP contribution in [0.4, 0.5) is 9.39 Å². The molecule has 35 heavy (non-hydrogen) atoms. The van der Waals surface area contributed by atoms with Crippen LogP contribution in [0, 0.1) is 12.7 Å². The van der Waals surface area contributed by atoms with Gasteiger partial charge in [0.1, 0.15) is 21.4 Å². The number of hydrogen-bond donors (Lipinski definition) is 1. The zero-order chi connectivity index (χ0) is 25.7. The summed E-state index contributed by atoms with van der Waals surface area (Å²) in [5.41, 5.74) is 0.472. The Morgan fingerprint density at radius 1 is 1.23 bits per heavy atom. The summed E-state index contributed by atoms with van der Waals surface area (Å²) < 4.78 is 30.5. The van der Waals surface area contributed by atoms with Crippen molar-refractivity contribution < 1.29 is 33.0 Å². The zero-order valence-corrected chi connectivity index (χ0v) is 21.0. The summed E-state index contributed by atoms with van der Waals surface area (Å²) in [4.78, 5) is 38.1. The average Bonchev–Trinajstić information content (AvgIpc) is 3.39. The number of ether oxygens (including phenoxy) is 3. The Morgan fingerprint density at radius 3 is 2.63 bits per heavy atom. The second kappa shape index (κ2) is 11.3. The number of halogens is 2. The highest BCUT2D eigenvalue weighted by molar-refractivity contribution is 7.18. The van der Waals surface area contributed by atoms with Crippen LogP contribution in [0.25, 0.3) is 0 Å². The molecule has 0 aliphatic carbocycles. The van der Waals surface area contributed by atoms with Gasteiger partial charge in [0, 0.05) is 12.3 Å². The maximum atomic E-state index is 13.3. The summed E-state index contributed by atoms with van der Waals surface area (Å²) >= 11 is 6.66. The molecule has 1 amide bonds. The zero-order valence-electron chi connectivity index (χ0n) is 19.4. The predicted molar refractivity (Wildman–Crippen MR) is 128 cm³/mol. The number of hydrogen-bond acceptors (Lipinski definition) is 8. The van der Waals surface area contributed by atoms with Gasteiger partial charge in [-0.15, -0.1) is 11.3 Å². The van der Waals surface area contributed by atoms with E-state index in [-0.39, 0.29) is 39.5 Å². The van der Waals surface area contributed by atoms with E-state index in [9.17, 15) is 18.8 Å². The molecule has 0 aliphatic heterocycles. The normalized spacial score (nSPS) is 10.8. The first-order valence-electron chi connectivity index (χ1n) is 10.5. The molecule has 0 bridgehead atoms. The third-order valence-corrected chi connectivity index (χ3v) is 5.99. The van der Waals surface area contributed by atoms with E-state index >= 15 is 0 Å². The molecular formula is C23H23ClFN3O6S. The van der Waals surface area contributed by atoms with Gasteiger partial charge in [-0.2, -0.15) is 5.10 Å². The summed E-state index contributed by atoms with van der Waals surface area (Å²) in [5.74, 6) is -2.12. The van der Waals surface area contributed by atoms with Gasteiger partial charge in [0.2, 0.25) is 0 Å². The fourth-order valence-corrected chi connectivity index (χ4v) is 4.20. The number of anilines is 1. The highest BCUT2D eigenvalue weighted by Crippen LogP contribution is 2.35. The molecule has 0 fully saturated rings. The molecule has 1 aromatic carbocycles. The van der Waals surface area contributed by atoms with E-state index in [4.69, 9.17) is 25.8 Å². The highest BCUT2D eigenvalue weighted by atomic mass is 35.5. The third-order valence-electron chi connectivity index (χ3n) is 4.51. The number of carbonyl (C=O) groups excluding carboxylic acids is 3. The van der Waals surface area contributed by atoms with E-state index in [0.29, 0.717) is 11.3 Å². The fraction of sp³-hybridized carbons (Fsp3) is 0.304. The molecule has 0 saturated carbocycles. The minimum Gasteiger partial charge on any atom is -0.471 e. The lowest BCUT2D eigenvalue weighted by Crippen LogP contribution is -2.17. The monoisotopic (exact) mass is 523 g/mol. The van der Waals surface area contributed by atoms with Crippen LogP contribution in [0.15, 0.2) is 30.5 Å². The standard InChI is InChI=1S/C23H23ClFN3O6S/c1-5-32-23(31)19-13(4)18(22(30)34-12(2)3)21(35-19)26-20(29)17-8-9-28(27-17)11-33-14-6-7-16(25)15(24)10-14/h6-10,12H,5,11H2,1-4H3,(H,26,29). The maximum absolute atomic E-state index is 13.3. The molecule has 186 valence electrons. The van der Waals surface area contributed by atoms with Crippen molar-refractivity contribution in [1.29, 1.82) is 0 Å². The molecule has 0 spiro atoms. The van der Waals surface area contributed by atoms with Crippen LogP contribution in [0.1, 0.15) is 56.9 Å². The van der Waals surface area contributed by atoms with Crippen LogP contribution >= 0.6 is 22.9 Å². The molecule has 9 nitrogen and oxygen atoms in total. The van der Waals surface area contributed by atoms with Crippen molar-refractivity contribution in [3.05, 3.63) is 63.0 Å². The number of thiophene rings is 1. The lowest BCUT2D eigenvalue weighted by atomic mass is 10.1. The SMILES string of the molecule is CCOC(=O)c1sc(NC(=O)c2ccn(COc3ccc(F)c(Cl)c3)n2)c(C(=O)OC(C)C)c1C. The Kier molecular flexibility index (Phi) is 8.47. The predicted octanol–water partition coefficient (Wildman–Crippen LogP) is 5.08. The van der Waals surface area contributed by atoms with Crippen LogP contribution in [0.2, 0.25) is 5.02 Å². The summed E-state index contributed by atoms with van der Waals surface area (Å²) in [5, 5.41) is 6.85. The summed E-state index contributed by atoms with van der Waals surface area (Å²) in [6, 6.07) is 5.37. The van der Waals surface area contributed by atoms with E-state index in [1.54, 1.807) is 27.7 Å². The Hall–Kier alpha value is -3.44. The summed E-state index contributed by atoms with van der Waals surface area (Å²) in [6.07, 6.45) is 1.11. The first kappa shape index (κ1) is 26.2. The first-order chi connectivity index (χ1) is 16.6. The summed E-state index contributed by atoms with van der Waals surface area (Å²) in [7, 11) is 0. The molecule has 1 N–H and O–H groups in total. The minimum atomic E-state index is -0.670. The van der Waals surface area contributed by atoms with Gasteiger partial charge in [0.15, 0.2) is 12.4 Å². The van der Waals surface area contributed by atoms with E-state index in [2.05, 4.69) is 10.4 Å². The van der Waals surface area contributed by atoms with E-state index in [1.165, 1.54) is 35.1 Å². The molecule has 0 unspecified atom stereocenters. The Bertz CT molecular complexity index is 1260. The molecule has 2 heterocycles. The number of aromatic nitrogens is 2. The number of esters is 2. The molecule has 0 radical (unpaired) electrons.